The van der Waals surface area contributed by atoms with Gasteiger partial charge in [0.15, 0.2) is 0 Å². The molecule has 0 aliphatic carbocycles. The van der Waals surface area contributed by atoms with Crippen LogP contribution in [0.15, 0.2) is 36.0 Å². The molecule has 0 saturated carbocycles. The molecule has 2 rings (SSSR count). The Morgan fingerprint density at radius 3 is 2.53 bits per heavy atom. The highest BCUT2D eigenvalue weighted by Gasteiger charge is 2.47. The lowest BCUT2D eigenvalue weighted by Crippen LogP contribution is -2.41. The van der Waals surface area contributed by atoms with Crippen LogP contribution in [0.3, 0.4) is 0 Å². The van der Waals surface area contributed by atoms with E-state index in [1.807, 2.05) is 0 Å². The van der Waals surface area contributed by atoms with E-state index in [4.69, 9.17) is 4.74 Å². The maximum atomic E-state index is 11.8. The number of hydrogen-bond donors (Lipinski definition) is 3. The van der Waals surface area contributed by atoms with Crippen molar-refractivity contribution in [3.8, 4) is 5.75 Å². The molecule has 0 aromatic heterocycles. The van der Waals surface area contributed by atoms with Crippen LogP contribution in [0, 0.1) is 5.41 Å². The molecular formula is C14H17NO4. The normalized spacial score (nSPS) is 22.9. The molecule has 1 aromatic carbocycles. The van der Waals surface area contributed by atoms with Crippen LogP contribution in [0.1, 0.15) is 20.8 Å². The zero-order valence-electron chi connectivity index (χ0n) is 11.1. The lowest BCUT2D eigenvalue weighted by Gasteiger charge is -2.33. The summed E-state index contributed by atoms with van der Waals surface area (Å²) in [5, 5.41) is 22.5. The van der Waals surface area contributed by atoms with E-state index in [2.05, 4.69) is 5.32 Å². The summed E-state index contributed by atoms with van der Waals surface area (Å²) >= 11 is 0. The van der Waals surface area contributed by atoms with Gasteiger partial charge >= 0.3 is 5.97 Å². The van der Waals surface area contributed by atoms with Crippen molar-refractivity contribution in [2.24, 2.45) is 5.41 Å². The molecule has 1 unspecified atom stereocenters. The van der Waals surface area contributed by atoms with Crippen molar-refractivity contribution >= 4 is 11.7 Å². The number of rotatable bonds is 2. The van der Waals surface area contributed by atoms with Gasteiger partial charge in [0.05, 0.1) is 0 Å². The number of benzene rings is 1. The van der Waals surface area contributed by atoms with E-state index in [0.29, 0.717) is 5.69 Å². The fourth-order valence-corrected chi connectivity index (χ4v) is 1.68. The van der Waals surface area contributed by atoms with Crippen molar-refractivity contribution in [1.82, 2.24) is 0 Å². The van der Waals surface area contributed by atoms with Crippen molar-refractivity contribution in [1.29, 1.82) is 0 Å². The molecule has 5 heteroatoms. The van der Waals surface area contributed by atoms with Gasteiger partial charge in [0.25, 0.3) is 0 Å². The van der Waals surface area contributed by atoms with Gasteiger partial charge in [-0.25, -0.2) is 4.79 Å². The number of esters is 1. The highest BCUT2D eigenvalue weighted by atomic mass is 16.7. The van der Waals surface area contributed by atoms with Crippen molar-refractivity contribution in [3.05, 3.63) is 36.0 Å². The average molecular weight is 263 g/mol. The number of aliphatic hydroxyl groups is 1. The maximum absolute atomic E-state index is 11.8. The Bertz CT molecular complexity index is 545. The Balaban J connectivity index is 2.26. The quantitative estimate of drug-likeness (QED) is 0.711. The van der Waals surface area contributed by atoms with Gasteiger partial charge < -0.3 is 20.3 Å². The van der Waals surface area contributed by atoms with Crippen LogP contribution in [-0.2, 0) is 9.53 Å². The molecule has 0 saturated heterocycles. The molecule has 19 heavy (non-hydrogen) atoms. The van der Waals surface area contributed by atoms with E-state index in [-0.39, 0.29) is 11.4 Å². The summed E-state index contributed by atoms with van der Waals surface area (Å²) in [6.45, 7) is 5.32. The molecule has 0 bridgehead atoms. The number of carbonyl (C=O) groups excluding carboxylic acids is 1. The largest absolute Gasteiger partial charge is 0.508 e. The third kappa shape index (κ3) is 2.56. The van der Waals surface area contributed by atoms with Gasteiger partial charge in [-0.3, -0.25) is 0 Å². The van der Waals surface area contributed by atoms with Gasteiger partial charge in [0.1, 0.15) is 11.4 Å². The van der Waals surface area contributed by atoms with Crippen LogP contribution >= 0.6 is 0 Å². The number of carbonyl (C=O) groups is 1. The second-order valence-corrected chi connectivity index (χ2v) is 5.57. The van der Waals surface area contributed by atoms with Crippen molar-refractivity contribution in [2.45, 2.75) is 26.6 Å². The Kier molecular flexibility index (Phi) is 3.02. The number of anilines is 1. The Labute approximate surface area is 111 Å². The van der Waals surface area contributed by atoms with E-state index < -0.39 is 17.2 Å². The first-order chi connectivity index (χ1) is 8.71. The first-order valence-corrected chi connectivity index (χ1v) is 5.96. The second-order valence-electron chi connectivity index (χ2n) is 5.57. The molecule has 1 atom stereocenters. The number of hydrogen-bond acceptors (Lipinski definition) is 5. The summed E-state index contributed by atoms with van der Waals surface area (Å²) in [6, 6.07) is 6.34. The summed E-state index contributed by atoms with van der Waals surface area (Å²) in [5.41, 5.74) is 0.0645. The first-order valence-electron chi connectivity index (χ1n) is 5.96. The smallest absolute Gasteiger partial charge is 0.357 e. The van der Waals surface area contributed by atoms with Gasteiger partial charge in [-0.05, 0) is 12.1 Å². The summed E-state index contributed by atoms with van der Waals surface area (Å²) in [5.74, 6) is -2.17. The fourth-order valence-electron chi connectivity index (χ4n) is 1.68. The molecule has 0 radical (unpaired) electrons. The molecule has 0 fully saturated rings. The zero-order chi connectivity index (χ0) is 14.3. The monoisotopic (exact) mass is 263 g/mol. The van der Waals surface area contributed by atoms with Crippen LogP contribution in [0.4, 0.5) is 5.69 Å². The number of phenolic OH excluding ortho intramolecular Hbond substituents is 1. The minimum Gasteiger partial charge on any atom is -0.508 e. The summed E-state index contributed by atoms with van der Waals surface area (Å²) < 4.78 is 5.03. The standard InChI is InChI=1S/C14H17NO4/c1-13(2,3)14(18)8-11(12(17)19-14)15-9-5-4-6-10(16)7-9/h4-8,15-16,18H,1-3H3. The van der Waals surface area contributed by atoms with Crippen molar-refractivity contribution < 1.29 is 19.7 Å². The zero-order valence-corrected chi connectivity index (χ0v) is 11.1. The molecule has 1 aliphatic rings. The Hall–Kier alpha value is -2.01. The maximum Gasteiger partial charge on any atom is 0.357 e. The molecule has 1 aliphatic heterocycles. The SMILES string of the molecule is CC(C)(C)C1(O)C=C(Nc2cccc(O)c2)C(=O)O1. The minimum atomic E-state index is -1.64. The number of aromatic hydroxyl groups is 1. The van der Waals surface area contributed by atoms with E-state index >= 15 is 0 Å². The lowest BCUT2D eigenvalue weighted by atomic mass is 9.85. The third-order valence-corrected chi connectivity index (χ3v) is 3.01. The third-order valence-electron chi connectivity index (χ3n) is 3.01. The van der Waals surface area contributed by atoms with E-state index in [1.54, 1.807) is 32.9 Å². The van der Waals surface area contributed by atoms with Crippen LogP contribution in [0.2, 0.25) is 0 Å². The van der Waals surface area contributed by atoms with Crippen LogP contribution in [0.5, 0.6) is 5.75 Å². The van der Waals surface area contributed by atoms with E-state index in [1.165, 1.54) is 18.2 Å². The van der Waals surface area contributed by atoms with Gasteiger partial charge in [-0.1, -0.05) is 26.8 Å². The summed E-state index contributed by atoms with van der Waals surface area (Å²) in [4.78, 5) is 11.8. The molecule has 3 N–H and O–H groups in total. The minimum absolute atomic E-state index is 0.0862. The highest BCUT2D eigenvalue weighted by molar-refractivity contribution is 5.94. The Morgan fingerprint density at radius 1 is 1.32 bits per heavy atom. The predicted octanol–water partition coefficient (Wildman–Crippen LogP) is 1.98. The predicted molar refractivity (Wildman–Crippen MR) is 70.3 cm³/mol. The van der Waals surface area contributed by atoms with Crippen LogP contribution in [0.25, 0.3) is 0 Å². The number of cyclic esters (lactones) is 1. The van der Waals surface area contributed by atoms with Crippen LogP contribution in [-0.4, -0.2) is 22.0 Å². The van der Waals surface area contributed by atoms with Gasteiger partial charge in [0.2, 0.25) is 5.79 Å². The van der Waals surface area contributed by atoms with Crippen molar-refractivity contribution in [3.63, 3.8) is 0 Å². The molecular weight excluding hydrogens is 246 g/mol. The molecule has 102 valence electrons. The topological polar surface area (TPSA) is 78.8 Å². The molecule has 0 amide bonds. The number of nitrogens with one attached hydrogen (secondary N) is 1. The summed E-state index contributed by atoms with van der Waals surface area (Å²) in [7, 11) is 0. The van der Waals surface area contributed by atoms with Gasteiger partial charge in [-0.15, -0.1) is 0 Å². The lowest BCUT2D eigenvalue weighted by molar-refractivity contribution is -0.212. The van der Waals surface area contributed by atoms with Crippen molar-refractivity contribution in [2.75, 3.05) is 5.32 Å². The van der Waals surface area contributed by atoms with Gasteiger partial charge in [0, 0.05) is 23.2 Å². The molecule has 1 aromatic rings. The molecule has 0 spiro atoms. The molecule has 1 heterocycles. The summed E-state index contributed by atoms with van der Waals surface area (Å²) in [6.07, 6.45) is 1.36. The Morgan fingerprint density at radius 2 is 2.00 bits per heavy atom. The second kappa shape index (κ2) is 4.28. The fraction of sp³-hybridized carbons (Fsp3) is 0.357. The highest BCUT2D eigenvalue weighted by Crippen LogP contribution is 2.38. The van der Waals surface area contributed by atoms with Gasteiger partial charge in [-0.2, -0.15) is 0 Å². The van der Waals surface area contributed by atoms with Crippen LogP contribution < -0.4 is 5.32 Å². The average Bonchev–Trinajstić information content (AvgIpc) is 2.54. The molecule has 5 nitrogen and oxygen atoms in total. The van der Waals surface area contributed by atoms with E-state index in [9.17, 15) is 15.0 Å². The van der Waals surface area contributed by atoms with E-state index in [0.717, 1.165) is 0 Å². The number of ether oxygens (including phenoxy) is 1. The number of phenols is 1. The first kappa shape index (κ1) is 13.4.